The molecule has 0 radical (unpaired) electrons. The number of thiazole rings is 1. The standard InChI is InChI=1S/C23H17N3O4S/c27-21(16-3-1-4-17(12-16)24-22(28)20-5-2-9-29-20)26-23-25-18(13-31-23)14-6-7-19-15(11-14)8-10-30-19/h1-7,9,11-13H,8,10H2,(H,24,28)(H,25,26,27). The van der Waals surface area contributed by atoms with Gasteiger partial charge in [-0.2, -0.15) is 0 Å². The van der Waals surface area contributed by atoms with Crippen LogP contribution in [0.4, 0.5) is 10.8 Å². The van der Waals surface area contributed by atoms with Crippen LogP contribution in [-0.4, -0.2) is 23.4 Å². The molecule has 1 aliphatic rings. The summed E-state index contributed by atoms with van der Waals surface area (Å²) in [6, 6.07) is 15.9. The first-order chi connectivity index (χ1) is 15.2. The van der Waals surface area contributed by atoms with Gasteiger partial charge >= 0.3 is 0 Å². The van der Waals surface area contributed by atoms with Crippen LogP contribution in [0.3, 0.4) is 0 Å². The number of aromatic nitrogens is 1. The van der Waals surface area contributed by atoms with Crippen LogP contribution in [0.15, 0.2) is 70.7 Å². The third kappa shape index (κ3) is 4.06. The maximum atomic E-state index is 12.7. The summed E-state index contributed by atoms with van der Waals surface area (Å²) in [5, 5.41) is 7.95. The van der Waals surface area contributed by atoms with Gasteiger partial charge in [0.1, 0.15) is 5.75 Å². The number of amides is 2. The van der Waals surface area contributed by atoms with Crippen molar-refractivity contribution < 1.29 is 18.7 Å². The van der Waals surface area contributed by atoms with Gasteiger partial charge in [0, 0.05) is 28.6 Å². The zero-order valence-electron chi connectivity index (χ0n) is 16.3. The monoisotopic (exact) mass is 431 g/mol. The molecular formula is C23H17N3O4S. The normalized spacial score (nSPS) is 12.1. The number of furan rings is 1. The third-order valence-electron chi connectivity index (χ3n) is 4.84. The Morgan fingerprint density at radius 3 is 2.81 bits per heavy atom. The highest BCUT2D eigenvalue weighted by Crippen LogP contribution is 2.32. The summed E-state index contributed by atoms with van der Waals surface area (Å²) in [4.78, 5) is 29.4. The van der Waals surface area contributed by atoms with Gasteiger partial charge in [0.15, 0.2) is 10.9 Å². The second-order valence-corrected chi connectivity index (χ2v) is 7.78. The van der Waals surface area contributed by atoms with Crippen molar-refractivity contribution in [3.8, 4) is 17.0 Å². The molecule has 1 aliphatic heterocycles. The molecule has 2 amide bonds. The molecule has 0 fully saturated rings. The summed E-state index contributed by atoms with van der Waals surface area (Å²) in [6.07, 6.45) is 2.32. The largest absolute Gasteiger partial charge is 0.493 e. The summed E-state index contributed by atoms with van der Waals surface area (Å²) in [5.74, 6) is 0.430. The van der Waals surface area contributed by atoms with E-state index in [9.17, 15) is 9.59 Å². The Morgan fingerprint density at radius 1 is 1.00 bits per heavy atom. The molecule has 0 unspecified atom stereocenters. The molecule has 4 aromatic rings. The minimum atomic E-state index is -0.383. The van der Waals surface area contributed by atoms with Crippen molar-refractivity contribution in [2.45, 2.75) is 6.42 Å². The van der Waals surface area contributed by atoms with Gasteiger partial charge < -0.3 is 14.5 Å². The smallest absolute Gasteiger partial charge is 0.291 e. The van der Waals surface area contributed by atoms with Crippen molar-refractivity contribution in [2.24, 2.45) is 0 Å². The van der Waals surface area contributed by atoms with Gasteiger partial charge in [0.05, 0.1) is 18.6 Å². The molecular weight excluding hydrogens is 414 g/mol. The fourth-order valence-electron chi connectivity index (χ4n) is 3.32. The molecule has 0 saturated carbocycles. The van der Waals surface area contributed by atoms with Crippen LogP contribution in [0.25, 0.3) is 11.3 Å². The number of hydrogen-bond acceptors (Lipinski definition) is 6. The number of fused-ring (bicyclic) bond motifs is 1. The van der Waals surface area contributed by atoms with Crippen LogP contribution in [0, 0.1) is 0 Å². The molecule has 8 heteroatoms. The first-order valence-corrected chi connectivity index (χ1v) is 10.5. The highest BCUT2D eigenvalue weighted by atomic mass is 32.1. The molecule has 0 bridgehead atoms. The Kier molecular flexibility index (Phi) is 4.97. The van der Waals surface area contributed by atoms with Crippen LogP contribution in [0.5, 0.6) is 5.75 Å². The van der Waals surface area contributed by atoms with Crippen molar-refractivity contribution in [3.63, 3.8) is 0 Å². The first kappa shape index (κ1) is 19.1. The van der Waals surface area contributed by atoms with Crippen LogP contribution in [-0.2, 0) is 6.42 Å². The number of hydrogen-bond donors (Lipinski definition) is 2. The number of carbonyl (C=O) groups excluding carboxylic acids is 2. The van der Waals surface area contributed by atoms with Gasteiger partial charge in [-0.1, -0.05) is 6.07 Å². The molecule has 2 aromatic heterocycles. The summed E-state index contributed by atoms with van der Waals surface area (Å²) in [7, 11) is 0. The van der Waals surface area contributed by atoms with E-state index >= 15 is 0 Å². The van der Waals surface area contributed by atoms with Gasteiger partial charge in [-0.15, -0.1) is 11.3 Å². The fourth-order valence-corrected chi connectivity index (χ4v) is 4.03. The molecule has 7 nitrogen and oxygen atoms in total. The summed E-state index contributed by atoms with van der Waals surface area (Å²) < 4.78 is 10.6. The van der Waals surface area contributed by atoms with Crippen LogP contribution < -0.4 is 15.4 Å². The lowest BCUT2D eigenvalue weighted by atomic mass is 10.1. The minimum Gasteiger partial charge on any atom is -0.493 e. The van der Waals surface area contributed by atoms with Gasteiger partial charge in [-0.05, 0) is 54.1 Å². The van der Waals surface area contributed by atoms with E-state index in [0.717, 1.165) is 23.4 Å². The zero-order chi connectivity index (χ0) is 21.2. The number of ether oxygens (including phenoxy) is 1. The molecule has 0 atom stereocenters. The molecule has 31 heavy (non-hydrogen) atoms. The highest BCUT2D eigenvalue weighted by molar-refractivity contribution is 7.14. The minimum absolute atomic E-state index is 0.197. The maximum absolute atomic E-state index is 12.7. The molecule has 2 aromatic carbocycles. The Morgan fingerprint density at radius 2 is 1.94 bits per heavy atom. The van der Waals surface area contributed by atoms with E-state index in [2.05, 4.69) is 21.7 Å². The van der Waals surface area contributed by atoms with E-state index in [1.807, 2.05) is 17.5 Å². The average molecular weight is 431 g/mol. The molecule has 2 N–H and O–H groups in total. The molecule has 0 spiro atoms. The number of carbonyl (C=O) groups is 2. The van der Waals surface area contributed by atoms with E-state index in [0.29, 0.717) is 23.0 Å². The summed E-state index contributed by atoms with van der Waals surface area (Å²) >= 11 is 1.36. The second-order valence-electron chi connectivity index (χ2n) is 6.93. The molecule has 5 rings (SSSR count). The molecule has 0 saturated heterocycles. The molecule has 3 heterocycles. The lowest BCUT2D eigenvalue weighted by Gasteiger charge is -2.06. The topological polar surface area (TPSA) is 93.5 Å². The van der Waals surface area contributed by atoms with Gasteiger partial charge in [0.2, 0.25) is 0 Å². The van der Waals surface area contributed by atoms with Crippen molar-refractivity contribution >= 4 is 34.0 Å². The summed E-state index contributed by atoms with van der Waals surface area (Å²) in [6.45, 7) is 0.707. The average Bonchev–Trinajstić information content (AvgIpc) is 3.54. The van der Waals surface area contributed by atoms with Crippen molar-refractivity contribution in [2.75, 3.05) is 17.2 Å². The van der Waals surface area contributed by atoms with Crippen LogP contribution in [0.1, 0.15) is 26.5 Å². The molecule has 154 valence electrons. The van der Waals surface area contributed by atoms with Crippen molar-refractivity contribution in [1.29, 1.82) is 0 Å². The van der Waals surface area contributed by atoms with E-state index in [-0.39, 0.29) is 17.6 Å². The maximum Gasteiger partial charge on any atom is 0.291 e. The lowest BCUT2D eigenvalue weighted by molar-refractivity contribution is 0.0993. The Labute approximate surface area is 181 Å². The Bertz CT molecular complexity index is 1260. The highest BCUT2D eigenvalue weighted by Gasteiger charge is 2.15. The summed E-state index contributed by atoms with van der Waals surface area (Å²) in [5.41, 5.74) is 3.86. The van der Waals surface area contributed by atoms with Crippen molar-refractivity contribution in [3.05, 3.63) is 83.1 Å². The van der Waals surface area contributed by atoms with E-state index < -0.39 is 0 Å². The van der Waals surface area contributed by atoms with Crippen LogP contribution >= 0.6 is 11.3 Å². The van der Waals surface area contributed by atoms with Gasteiger partial charge in [-0.25, -0.2) is 4.98 Å². The van der Waals surface area contributed by atoms with Gasteiger partial charge in [0.25, 0.3) is 11.8 Å². The SMILES string of the molecule is O=C(Nc1nc(-c2ccc3c(c2)CCO3)cs1)c1cccc(NC(=O)c2ccco2)c1. The van der Waals surface area contributed by atoms with E-state index in [4.69, 9.17) is 9.15 Å². The predicted octanol–water partition coefficient (Wildman–Crippen LogP) is 4.84. The zero-order valence-corrected chi connectivity index (χ0v) is 17.1. The Hall–Kier alpha value is -3.91. The van der Waals surface area contributed by atoms with Crippen molar-refractivity contribution in [1.82, 2.24) is 4.98 Å². The Balaban J connectivity index is 1.28. The van der Waals surface area contributed by atoms with E-state index in [1.54, 1.807) is 36.4 Å². The number of rotatable bonds is 5. The predicted molar refractivity (Wildman–Crippen MR) is 118 cm³/mol. The number of benzene rings is 2. The number of anilines is 2. The fraction of sp³-hybridized carbons (Fsp3) is 0.0870. The number of nitrogens with zero attached hydrogens (tertiary/aromatic N) is 1. The third-order valence-corrected chi connectivity index (χ3v) is 5.60. The van der Waals surface area contributed by atoms with Gasteiger partial charge in [-0.3, -0.25) is 14.9 Å². The quantitative estimate of drug-likeness (QED) is 0.472. The lowest BCUT2D eigenvalue weighted by Crippen LogP contribution is -2.14. The number of nitrogens with one attached hydrogen (secondary N) is 2. The molecule has 0 aliphatic carbocycles. The van der Waals surface area contributed by atoms with Crippen LogP contribution in [0.2, 0.25) is 0 Å². The first-order valence-electron chi connectivity index (χ1n) is 9.63. The second kappa shape index (κ2) is 8.08. The van der Waals surface area contributed by atoms with E-state index in [1.165, 1.54) is 23.2 Å².